The Balaban J connectivity index is 1.88. The molecule has 0 radical (unpaired) electrons. The Morgan fingerprint density at radius 2 is 2.11 bits per heavy atom. The Kier molecular flexibility index (Phi) is 2.84. The fourth-order valence-electron chi connectivity index (χ4n) is 4.74. The maximum absolute atomic E-state index is 5.16. The summed E-state index contributed by atoms with van der Waals surface area (Å²) in [6, 6.07) is 0. The van der Waals surface area contributed by atoms with E-state index in [0.29, 0.717) is 10.8 Å². The molecule has 1 nitrogen and oxygen atoms in total. The molecule has 0 saturated heterocycles. The molecule has 0 bridgehead atoms. The van der Waals surface area contributed by atoms with Crippen molar-refractivity contribution in [2.45, 2.75) is 52.4 Å². The van der Waals surface area contributed by atoms with Gasteiger partial charge in [-0.05, 0) is 49.0 Å². The van der Waals surface area contributed by atoms with Crippen molar-refractivity contribution in [1.82, 2.24) is 0 Å². The molecule has 0 amide bonds. The van der Waals surface area contributed by atoms with Gasteiger partial charge < -0.3 is 4.74 Å². The summed E-state index contributed by atoms with van der Waals surface area (Å²) in [5.41, 5.74) is 2.60. The quantitative estimate of drug-likeness (QED) is 0.518. The van der Waals surface area contributed by atoms with Crippen LogP contribution in [0, 0.1) is 22.7 Å². The molecule has 1 unspecified atom stereocenters. The Morgan fingerprint density at radius 1 is 1.33 bits per heavy atom. The predicted molar refractivity (Wildman–Crippen MR) is 75.1 cm³/mol. The van der Waals surface area contributed by atoms with E-state index in [-0.39, 0.29) is 0 Å². The average molecular weight is 246 g/mol. The summed E-state index contributed by atoms with van der Waals surface area (Å²) in [7, 11) is 1.75. The van der Waals surface area contributed by atoms with Crippen LogP contribution < -0.4 is 0 Å². The van der Waals surface area contributed by atoms with Crippen LogP contribution in [0.5, 0.6) is 0 Å². The Hall–Kier alpha value is -0.720. The minimum absolute atomic E-state index is 0.372. The molecule has 0 spiro atoms. The first-order valence-electron chi connectivity index (χ1n) is 7.54. The largest absolute Gasteiger partial charge is 0.505 e. The highest BCUT2D eigenvalue weighted by Gasteiger charge is 2.56. The van der Waals surface area contributed by atoms with E-state index in [0.717, 1.165) is 11.8 Å². The van der Waals surface area contributed by atoms with Gasteiger partial charge in [0.2, 0.25) is 0 Å². The molecule has 3 rings (SSSR count). The summed E-state index contributed by atoms with van der Waals surface area (Å²) in [4.78, 5) is 0. The molecule has 1 heteroatoms. The van der Waals surface area contributed by atoms with E-state index >= 15 is 0 Å². The number of fused-ring (bicyclic) bond motifs is 1. The van der Waals surface area contributed by atoms with Crippen molar-refractivity contribution >= 4 is 0 Å². The second-order valence-electron chi connectivity index (χ2n) is 6.94. The minimum atomic E-state index is 0.372. The molecular formula is C17H26O. The van der Waals surface area contributed by atoms with Crippen LogP contribution >= 0.6 is 0 Å². The van der Waals surface area contributed by atoms with Gasteiger partial charge in [0.05, 0.1) is 13.4 Å². The molecule has 0 aliphatic heterocycles. The molecule has 2 saturated carbocycles. The van der Waals surface area contributed by atoms with Crippen LogP contribution in [0.1, 0.15) is 52.4 Å². The van der Waals surface area contributed by atoms with E-state index < -0.39 is 0 Å². The standard InChI is InChI=1S/C17H26O/c1-13-5-4-8-16(2)14(13)6-7-15(16)17(9-10-17)11-12-18-3/h7,11-14H,4-6,8-10H2,1-3H3/b12-11+/t13-,14?,16-/m0/s1. The maximum Gasteiger partial charge on any atom is 0.0793 e. The zero-order valence-electron chi connectivity index (χ0n) is 12.0. The van der Waals surface area contributed by atoms with Gasteiger partial charge in [0.1, 0.15) is 0 Å². The van der Waals surface area contributed by atoms with Gasteiger partial charge in [-0.25, -0.2) is 0 Å². The molecule has 0 aromatic rings. The summed E-state index contributed by atoms with van der Waals surface area (Å²) in [6.45, 7) is 5.00. The molecule has 3 atom stereocenters. The third kappa shape index (κ3) is 1.66. The van der Waals surface area contributed by atoms with Crippen LogP contribution in [0.4, 0.5) is 0 Å². The Labute approximate surface area is 111 Å². The molecule has 2 fully saturated rings. The molecule has 3 aliphatic carbocycles. The summed E-state index contributed by atoms with van der Waals surface area (Å²) in [5.74, 6) is 1.80. The second kappa shape index (κ2) is 4.15. The highest BCUT2D eigenvalue weighted by Crippen LogP contribution is 2.66. The zero-order chi connectivity index (χ0) is 12.8. The van der Waals surface area contributed by atoms with Gasteiger partial charge in [0, 0.05) is 5.41 Å². The second-order valence-corrected chi connectivity index (χ2v) is 6.94. The lowest BCUT2D eigenvalue weighted by Gasteiger charge is -2.44. The fourth-order valence-corrected chi connectivity index (χ4v) is 4.74. The van der Waals surface area contributed by atoms with Crippen molar-refractivity contribution in [1.29, 1.82) is 0 Å². The van der Waals surface area contributed by atoms with Crippen LogP contribution in [-0.2, 0) is 4.74 Å². The van der Waals surface area contributed by atoms with Gasteiger partial charge in [-0.3, -0.25) is 0 Å². The van der Waals surface area contributed by atoms with Crippen molar-refractivity contribution in [2.24, 2.45) is 22.7 Å². The van der Waals surface area contributed by atoms with Gasteiger partial charge in [-0.15, -0.1) is 0 Å². The topological polar surface area (TPSA) is 9.23 Å². The van der Waals surface area contributed by atoms with Crippen LogP contribution in [0.3, 0.4) is 0 Å². The van der Waals surface area contributed by atoms with E-state index in [4.69, 9.17) is 4.74 Å². The monoisotopic (exact) mass is 246 g/mol. The van der Waals surface area contributed by atoms with Crippen molar-refractivity contribution < 1.29 is 4.74 Å². The first-order chi connectivity index (χ1) is 8.62. The smallest absolute Gasteiger partial charge is 0.0793 e. The summed E-state index contributed by atoms with van der Waals surface area (Å²) >= 11 is 0. The van der Waals surface area contributed by atoms with E-state index in [1.54, 1.807) is 12.7 Å². The first-order valence-corrected chi connectivity index (χ1v) is 7.54. The molecule has 0 aromatic heterocycles. The molecule has 0 N–H and O–H groups in total. The van der Waals surface area contributed by atoms with Crippen LogP contribution in [0.25, 0.3) is 0 Å². The summed E-state index contributed by atoms with van der Waals surface area (Å²) in [6.07, 6.45) is 15.0. The third-order valence-electron chi connectivity index (χ3n) is 5.90. The number of ether oxygens (including phenoxy) is 1. The molecule has 0 aromatic carbocycles. The summed E-state index contributed by atoms with van der Waals surface area (Å²) in [5, 5.41) is 0. The number of hydrogen-bond acceptors (Lipinski definition) is 1. The highest BCUT2D eigenvalue weighted by molar-refractivity contribution is 5.38. The van der Waals surface area contributed by atoms with E-state index in [2.05, 4.69) is 26.0 Å². The van der Waals surface area contributed by atoms with Crippen molar-refractivity contribution in [3.63, 3.8) is 0 Å². The zero-order valence-corrected chi connectivity index (χ0v) is 12.0. The molecular weight excluding hydrogens is 220 g/mol. The molecule has 18 heavy (non-hydrogen) atoms. The van der Waals surface area contributed by atoms with Gasteiger partial charge in [0.15, 0.2) is 0 Å². The number of rotatable bonds is 3. The Bertz CT molecular complexity index is 388. The van der Waals surface area contributed by atoms with Crippen molar-refractivity contribution in [3.8, 4) is 0 Å². The number of methoxy groups -OCH3 is 1. The van der Waals surface area contributed by atoms with Crippen LogP contribution in [-0.4, -0.2) is 7.11 Å². The van der Waals surface area contributed by atoms with Crippen LogP contribution in [0.15, 0.2) is 24.0 Å². The van der Waals surface area contributed by atoms with Gasteiger partial charge >= 0.3 is 0 Å². The maximum atomic E-state index is 5.16. The van der Waals surface area contributed by atoms with E-state index in [1.807, 2.05) is 6.26 Å². The van der Waals surface area contributed by atoms with Gasteiger partial charge in [0.25, 0.3) is 0 Å². The first kappa shape index (κ1) is 12.3. The lowest BCUT2D eigenvalue weighted by atomic mass is 9.60. The summed E-state index contributed by atoms with van der Waals surface area (Å²) < 4.78 is 5.16. The predicted octanol–water partition coefficient (Wildman–Crippen LogP) is 4.70. The third-order valence-corrected chi connectivity index (χ3v) is 5.90. The normalized spacial score (nSPS) is 41.6. The van der Waals surface area contributed by atoms with E-state index in [1.165, 1.54) is 38.5 Å². The molecule has 3 aliphatic rings. The Morgan fingerprint density at radius 3 is 2.78 bits per heavy atom. The average Bonchev–Trinajstić information content (AvgIpc) is 3.03. The minimum Gasteiger partial charge on any atom is -0.505 e. The SMILES string of the molecule is CO/C=C/C1(C2=CCC3[C@@H](C)CCC[C@]23C)CC1. The molecule has 0 heterocycles. The lowest BCUT2D eigenvalue weighted by Crippen LogP contribution is -2.36. The van der Waals surface area contributed by atoms with Crippen LogP contribution in [0.2, 0.25) is 0 Å². The molecule has 100 valence electrons. The number of allylic oxidation sites excluding steroid dienone is 3. The van der Waals surface area contributed by atoms with Gasteiger partial charge in [-0.1, -0.05) is 38.3 Å². The number of hydrogen-bond donors (Lipinski definition) is 0. The fraction of sp³-hybridized carbons (Fsp3) is 0.765. The van der Waals surface area contributed by atoms with Gasteiger partial charge in [-0.2, -0.15) is 0 Å². The highest BCUT2D eigenvalue weighted by atomic mass is 16.5. The lowest BCUT2D eigenvalue weighted by molar-refractivity contribution is 0.111. The van der Waals surface area contributed by atoms with E-state index in [9.17, 15) is 0 Å². The van der Waals surface area contributed by atoms with Crippen molar-refractivity contribution in [2.75, 3.05) is 7.11 Å². The van der Waals surface area contributed by atoms with Crippen molar-refractivity contribution in [3.05, 3.63) is 24.0 Å².